The van der Waals surface area contributed by atoms with Crippen LogP contribution in [-0.4, -0.2) is 17.0 Å². The summed E-state index contributed by atoms with van der Waals surface area (Å²) in [5.74, 6) is -1.82. The summed E-state index contributed by atoms with van der Waals surface area (Å²) in [5, 5.41) is 13.3. The van der Waals surface area contributed by atoms with E-state index in [1.807, 2.05) is 20.8 Å². The van der Waals surface area contributed by atoms with Crippen LogP contribution in [0.2, 0.25) is 0 Å². The molecule has 0 bridgehead atoms. The Morgan fingerprint density at radius 3 is 2.40 bits per heavy atom. The number of hydrogen-bond acceptors (Lipinski definition) is 6. The van der Waals surface area contributed by atoms with Crippen LogP contribution < -0.4 is 0 Å². The molecule has 0 aliphatic carbocycles. The minimum Gasteiger partial charge on any atom is -0.268 e. The van der Waals surface area contributed by atoms with E-state index in [0.29, 0.717) is 12.8 Å². The molecule has 0 aliphatic rings. The zero-order chi connectivity index (χ0) is 15.6. The molecule has 0 fully saturated rings. The molecule has 0 aromatic rings. The molecule has 0 heterocycles. The molecule has 20 heavy (non-hydrogen) atoms. The van der Waals surface area contributed by atoms with Gasteiger partial charge in [0.05, 0.1) is 5.92 Å². The van der Waals surface area contributed by atoms with E-state index < -0.39 is 11.8 Å². The fourth-order valence-corrected chi connectivity index (χ4v) is 1.96. The van der Waals surface area contributed by atoms with Crippen LogP contribution in [0.5, 0.6) is 0 Å². The van der Waals surface area contributed by atoms with E-state index in [1.54, 1.807) is 0 Å². The molecule has 0 spiro atoms. The Balaban J connectivity index is 4.16. The lowest BCUT2D eigenvalue weighted by molar-refractivity contribution is -0.582. The van der Waals surface area contributed by atoms with Crippen LogP contribution in [0.4, 0.5) is 0 Å². The molecule has 0 amide bonds. The highest BCUT2D eigenvalue weighted by Gasteiger charge is 2.31. The predicted octanol–water partition coefficient (Wildman–Crippen LogP) is 3.86. The third-order valence-corrected chi connectivity index (χ3v) is 3.03. The lowest BCUT2D eigenvalue weighted by atomic mass is 10.00. The summed E-state index contributed by atoms with van der Waals surface area (Å²) in [6.07, 6.45) is 3.80. The molecule has 0 saturated carbocycles. The third-order valence-electron chi connectivity index (χ3n) is 3.03. The van der Waals surface area contributed by atoms with Gasteiger partial charge in [0.15, 0.2) is 0 Å². The van der Waals surface area contributed by atoms with Crippen LogP contribution in [0.3, 0.4) is 0 Å². The second-order valence-electron chi connectivity index (χ2n) is 5.62. The van der Waals surface area contributed by atoms with Crippen LogP contribution in [0.15, 0.2) is 0 Å². The van der Waals surface area contributed by atoms with E-state index in [1.165, 1.54) is 6.92 Å². The SMILES string of the molecule is CCCCC(CC)C(=O)OOOC(C)(CC(C)C)OO. The summed E-state index contributed by atoms with van der Waals surface area (Å²) in [6, 6.07) is 0. The van der Waals surface area contributed by atoms with E-state index in [0.717, 1.165) is 19.3 Å². The first-order valence-corrected chi connectivity index (χ1v) is 7.27. The summed E-state index contributed by atoms with van der Waals surface area (Å²) < 4.78 is 0. The van der Waals surface area contributed by atoms with Crippen molar-refractivity contribution >= 4 is 5.97 Å². The summed E-state index contributed by atoms with van der Waals surface area (Å²) in [5.41, 5.74) is 0. The topological polar surface area (TPSA) is 74.2 Å². The van der Waals surface area contributed by atoms with E-state index in [4.69, 9.17) is 10.1 Å². The number of rotatable bonds is 11. The summed E-state index contributed by atoms with van der Waals surface area (Å²) in [6.45, 7) is 9.35. The van der Waals surface area contributed by atoms with Crippen molar-refractivity contribution in [3.63, 3.8) is 0 Å². The van der Waals surface area contributed by atoms with Gasteiger partial charge in [-0.05, 0) is 30.7 Å². The molecule has 0 aromatic heterocycles. The molecule has 0 aliphatic heterocycles. The van der Waals surface area contributed by atoms with Crippen molar-refractivity contribution in [3.8, 4) is 0 Å². The molecule has 120 valence electrons. The van der Waals surface area contributed by atoms with Gasteiger partial charge in [-0.1, -0.05) is 40.5 Å². The molecule has 0 aromatic carbocycles. The van der Waals surface area contributed by atoms with E-state index >= 15 is 0 Å². The monoisotopic (exact) mass is 292 g/mol. The van der Waals surface area contributed by atoms with Gasteiger partial charge in [-0.2, -0.15) is 4.89 Å². The molecule has 2 unspecified atom stereocenters. The largest absolute Gasteiger partial charge is 0.348 e. The van der Waals surface area contributed by atoms with Crippen molar-refractivity contribution < 1.29 is 29.8 Å². The Hall–Kier alpha value is -0.690. The Labute approximate surface area is 121 Å². The molecule has 0 rings (SSSR count). The first-order chi connectivity index (χ1) is 9.38. The lowest BCUT2D eigenvalue weighted by Gasteiger charge is -2.25. The first-order valence-electron chi connectivity index (χ1n) is 7.27. The standard InChI is InChI=1S/C14H28O6/c1-6-8-9-12(7-2)13(15)17-20-19-14(5,18-16)10-11(3)4/h11-12,16H,6-10H2,1-5H3. The normalized spacial score (nSPS) is 15.9. The van der Waals surface area contributed by atoms with E-state index in [9.17, 15) is 4.79 Å². The van der Waals surface area contributed by atoms with Crippen LogP contribution in [0, 0.1) is 11.8 Å². The molecule has 6 heteroatoms. The number of carbonyl (C=O) groups excluding carboxylic acids is 1. The highest BCUT2D eigenvalue weighted by molar-refractivity contribution is 5.71. The summed E-state index contributed by atoms with van der Waals surface area (Å²) in [7, 11) is 0. The Morgan fingerprint density at radius 1 is 1.30 bits per heavy atom. The predicted molar refractivity (Wildman–Crippen MR) is 73.1 cm³/mol. The fraction of sp³-hybridized carbons (Fsp3) is 0.929. The van der Waals surface area contributed by atoms with Gasteiger partial charge in [-0.15, -0.1) is 0 Å². The third kappa shape index (κ3) is 7.79. The molecule has 2 atom stereocenters. The Morgan fingerprint density at radius 2 is 1.95 bits per heavy atom. The van der Waals surface area contributed by atoms with Crippen molar-refractivity contribution in [2.24, 2.45) is 11.8 Å². The number of unbranched alkanes of at least 4 members (excludes halogenated alkanes) is 1. The molecule has 0 saturated heterocycles. The van der Waals surface area contributed by atoms with Crippen LogP contribution >= 0.6 is 0 Å². The minimum absolute atomic E-state index is 0.204. The average Bonchev–Trinajstić information content (AvgIpc) is 2.38. The Bertz CT molecular complexity index is 268. The van der Waals surface area contributed by atoms with Gasteiger partial charge >= 0.3 is 5.97 Å². The second-order valence-corrected chi connectivity index (χ2v) is 5.62. The maximum Gasteiger partial charge on any atom is 0.348 e. The fourth-order valence-electron chi connectivity index (χ4n) is 1.96. The summed E-state index contributed by atoms with van der Waals surface area (Å²) in [4.78, 5) is 25.5. The zero-order valence-electron chi connectivity index (χ0n) is 13.2. The first kappa shape index (κ1) is 19.3. The minimum atomic E-state index is -1.36. The smallest absolute Gasteiger partial charge is 0.268 e. The molecule has 6 nitrogen and oxygen atoms in total. The van der Waals surface area contributed by atoms with Gasteiger partial charge in [-0.25, -0.2) is 14.9 Å². The van der Waals surface area contributed by atoms with Crippen LogP contribution in [0.1, 0.15) is 66.7 Å². The van der Waals surface area contributed by atoms with Gasteiger partial charge in [0.2, 0.25) is 5.79 Å². The van der Waals surface area contributed by atoms with Gasteiger partial charge in [0.25, 0.3) is 0 Å². The van der Waals surface area contributed by atoms with Crippen LogP contribution in [-0.2, 0) is 24.5 Å². The Kier molecular flexibility index (Phi) is 9.75. The van der Waals surface area contributed by atoms with Crippen molar-refractivity contribution in [1.82, 2.24) is 0 Å². The van der Waals surface area contributed by atoms with Gasteiger partial charge in [-0.3, -0.25) is 4.89 Å². The highest BCUT2D eigenvalue weighted by atomic mass is 17.5. The quantitative estimate of drug-likeness (QED) is 0.354. The molecular weight excluding hydrogens is 264 g/mol. The number of carbonyl (C=O) groups is 1. The van der Waals surface area contributed by atoms with Crippen molar-refractivity contribution in [2.45, 2.75) is 72.5 Å². The maximum absolute atomic E-state index is 11.7. The summed E-state index contributed by atoms with van der Waals surface area (Å²) >= 11 is 0. The highest BCUT2D eigenvalue weighted by Crippen LogP contribution is 2.22. The number of hydrogen-bond donors (Lipinski definition) is 1. The van der Waals surface area contributed by atoms with Crippen molar-refractivity contribution in [2.75, 3.05) is 0 Å². The zero-order valence-corrected chi connectivity index (χ0v) is 13.2. The molecular formula is C14H28O6. The van der Waals surface area contributed by atoms with Crippen LogP contribution in [0.25, 0.3) is 0 Å². The van der Waals surface area contributed by atoms with Gasteiger partial charge in [0, 0.05) is 6.42 Å². The maximum atomic E-state index is 11.7. The molecule has 0 radical (unpaired) electrons. The molecule has 1 N–H and O–H groups in total. The van der Waals surface area contributed by atoms with Gasteiger partial charge < -0.3 is 0 Å². The van der Waals surface area contributed by atoms with E-state index in [2.05, 4.69) is 21.7 Å². The van der Waals surface area contributed by atoms with E-state index in [-0.39, 0.29) is 11.8 Å². The average molecular weight is 292 g/mol. The van der Waals surface area contributed by atoms with Gasteiger partial charge in [0.1, 0.15) is 0 Å². The lowest BCUT2D eigenvalue weighted by Crippen LogP contribution is -2.34. The second kappa shape index (κ2) is 10.1. The van der Waals surface area contributed by atoms with Crippen molar-refractivity contribution in [1.29, 1.82) is 0 Å². The van der Waals surface area contributed by atoms with Crippen molar-refractivity contribution in [3.05, 3.63) is 0 Å².